The third-order valence-corrected chi connectivity index (χ3v) is 5.28. The number of aromatic carboxylic acids is 1. The van der Waals surface area contributed by atoms with Crippen LogP contribution in [0.5, 0.6) is 0 Å². The number of carbonyl (C=O) groups is 1. The van der Waals surface area contributed by atoms with Crippen molar-refractivity contribution in [1.29, 1.82) is 0 Å². The van der Waals surface area contributed by atoms with E-state index in [1.807, 2.05) is 0 Å². The molecule has 0 unspecified atom stereocenters. The highest BCUT2D eigenvalue weighted by Crippen LogP contribution is 2.26. The lowest BCUT2D eigenvalue weighted by Gasteiger charge is -2.10. The van der Waals surface area contributed by atoms with E-state index in [4.69, 9.17) is 16.7 Å². The quantitative estimate of drug-likeness (QED) is 0.835. The van der Waals surface area contributed by atoms with Gasteiger partial charge in [-0.15, -0.1) is 0 Å². The zero-order chi connectivity index (χ0) is 15.6. The smallest absolute Gasteiger partial charge is 0.337 e. The minimum absolute atomic E-state index is 0.0465. The number of anilines is 1. The Bertz CT molecular complexity index is 808. The Hall–Kier alpha value is -1.57. The maximum Gasteiger partial charge on any atom is 0.337 e. The molecule has 5 nitrogen and oxygen atoms in total. The first kappa shape index (κ1) is 15.8. The Morgan fingerprint density at radius 3 is 2.43 bits per heavy atom. The molecule has 0 aliphatic rings. The maximum absolute atomic E-state index is 12.3. The number of carboxylic acids is 1. The number of hydrogen-bond donors (Lipinski definition) is 2. The summed E-state index contributed by atoms with van der Waals surface area (Å²) in [7, 11) is -3.80. The highest BCUT2D eigenvalue weighted by Gasteiger charge is 2.18. The van der Waals surface area contributed by atoms with Crippen LogP contribution in [0.15, 0.2) is 51.8 Å². The summed E-state index contributed by atoms with van der Waals surface area (Å²) in [5, 5.41) is 8.83. The lowest BCUT2D eigenvalue weighted by atomic mass is 10.2. The molecule has 0 atom stereocenters. The van der Waals surface area contributed by atoms with Crippen molar-refractivity contribution in [2.75, 3.05) is 4.72 Å². The van der Waals surface area contributed by atoms with Crippen LogP contribution < -0.4 is 4.72 Å². The number of benzene rings is 2. The van der Waals surface area contributed by atoms with Gasteiger partial charge in [0.15, 0.2) is 0 Å². The zero-order valence-electron chi connectivity index (χ0n) is 10.4. The standard InChI is InChI=1S/C13H9BrClNO4S/c14-10-3-1-2-4-12(10)21(19,20)16-8-5-6-9(13(17)18)11(15)7-8/h1-7,16H,(H,17,18). The normalized spacial score (nSPS) is 11.1. The molecule has 0 fully saturated rings. The molecule has 8 heteroatoms. The summed E-state index contributed by atoms with van der Waals surface area (Å²) < 4.78 is 27.3. The minimum atomic E-state index is -3.80. The molecule has 0 aromatic heterocycles. The molecule has 0 aliphatic heterocycles. The van der Waals surface area contributed by atoms with Gasteiger partial charge in [0, 0.05) is 4.47 Å². The fourth-order valence-corrected chi connectivity index (χ4v) is 3.94. The van der Waals surface area contributed by atoms with Crippen LogP contribution in [0.4, 0.5) is 5.69 Å². The Labute approximate surface area is 134 Å². The predicted octanol–water partition coefficient (Wildman–Crippen LogP) is 3.60. The molecule has 0 radical (unpaired) electrons. The monoisotopic (exact) mass is 389 g/mol. The predicted molar refractivity (Wildman–Crippen MR) is 83.4 cm³/mol. The minimum Gasteiger partial charge on any atom is -0.478 e. The second-order valence-electron chi connectivity index (χ2n) is 4.04. The van der Waals surface area contributed by atoms with E-state index in [1.165, 1.54) is 24.3 Å². The number of sulfonamides is 1. The lowest BCUT2D eigenvalue weighted by molar-refractivity contribution is 0.0697. The Kier molecular flexibility index (Phi) is 4.55. The third-order valence-electron chi connectivity index (χ3n) is 2.58. The topological polar surface area (TPSA) is 83.5 Å². The average molecular weight is 391 g/mol. The molecule has 0 spiro atoms. The summed E-state index contributed by atoms with van der Waals surface area (Å²) in [6, 6.07) is 10.2. The van der Waals surface area contributed by atoms with Gasteiger partial charge in [0.25, 0.3) is 10.0 Å². The molecular formula is C13H9BrClNO4S. The number of halogens is 2. The molecule has 0 amide bonds. The van der Waals surface area contributed by atoms with E-state index >= 15 is 0 Å². The molecular weight excluding hydrogens is 382 g/mol. The second-order valence-corrected chi connectivity index (χ2v) is 6.95. The molecule has 0 saturated heterocycles. The van der Waals surface area contributed by atoms with Crippen molar-refractivity contribution >= 4 is 49.2 Å². The van der Waals surface area contributed by atoms with Crippen molar-refractivity contribution < 1.29 is 18.3 Å². The fourth-order valence-electron chi connectivity index (χ4n) is 1.62. The van der Waals surface area contributed by atoms with Gasteiger partial charge in [-0.2, -0.15) is 0 Å². The molecule has 0 aliphatic carbocycles. The lowest BCUT2D eigenvalue weighted by Crippen LogP contribution is -2.13. The zero-order valence-corrected chi connectivity index (χ0v) is 13.5. The highest BCUT2D eigenvalue weighted by molar-refractivity contribution is 9.10. The Balaban J connectivity index is 2.36. The van der Waals surface area contributed by atoms with Crippen molar-refractivity contribution in [3.8, 4) is 0 Å². The van der Waals surface area contributed by atoms with Crippen LogP contribution in [-0.4, -0.2) is 19.5 Å². The van der Waals surface area contributed by atoms with Gasteiger partial charge in [0.1, 0.15) is 4.90 Å². The molecule has 2 aromatic rings. The van der Waals surface area contributed by atoms with Crippen LogP contribution >= 0.6 is 27.5 Å². The SMILES string of the molecule is O=C(O)c1ccc(NS(=O)(=O)c2ccccc2Br)cc1Cl. The van der Waals surface area contributed by atoms with Crippen molar-refractivity contribution in [3.63, 3.8) is 0 Å². The largest absolute Gasteiger partial charge is 0.478 e. The van der Waals surface area contributed by atoms with Crippen LogP contribution in [0.25, 0.3) is 0 Å². The first-order valence-corrected chi connectivity index (χ1v) is 8.27. The van der Waals surface area contributed by atoms with Crippen LogP contribution in [0.2, 0.25) is 5.02 Å². The molecule has 0 heterocycles. The van der Waals surface area contributed by atoms with Gasteiger partial charge in [-0.1, -0.05) is 23.7 Å². The van der Waals surface area contributed by atoms with Crippen LogP contribution in [-0.2, 0) is 10.0 Å². The third kappa shape index (κ3) is 3.55. The molecule has 0 saturated carbocycles. The van der Waals surface area contributed by atoms with Crippen molar-refractivity contribution in [2.45, 2.75) is 4.90 Å². The highest BCUT2D eigenvalue weighted by atomic mass is 79.9. The summed E-state index contributed by atoms with van der Waals surface area (Å²) in [5.74, 6) is -1.18. The van der Waals surface area contributed by atoms with Gasteiger partial charge in [0.2, 0.25) is 0 Å². The Morgan fingerprint density at radius 1 is 1.19 bits per heavy atom. The second kappa shape index (κ2) is 6.05. The van der Waals surface area contributed by atoms with Crippen LogP contribution in [0, 0.1) is 0 Å². The summed E-state index contributed by atoms with van der Waals surface area (Å²) in [4.78, 5) is 10.9. The van der Waals surface area contributed by atoms with Crippen molar-refractivity contribution in [1.82, 2.24) is 0 Å². The molecule has 2 N–H and O–H groups in total. The average Bonchev–Trinajstić information content (AvgIpc) is 2.38. The van der Waals surface area contributed by atoms with Crippen LogP contribution in [0.3, 0.4) is 0 Å². The number of rotatable bonds is 4. The number of hydrogen-bond acceptors (Lipinski definition) is 3. The molecule has 110 valence electrons. The molecule has 2 rings (SSSR count). The molecule has 21 heavy (non-hydrogen) atoms. The number of carboxylic acid groups (broad SMARTS) is 1. The van der Waals surface area contributed by atoms with Gasteiger partial charge in [-0.3, -0.25) is 4.72 Å². The van der Waals surface area contributed by atoms with E-state index in [9.17, 15) is 13.2 Å². The summed E-state index contributed by atoms with van der Waals surface area (Å²) in [6.45, 7) is 0. The van der Waals surface area contributed by atoms with E-state index < -0.39 is 16.0 Å². The molecule has 2 aromatic carbocycles. The Morgan fingerprint density at radius 2 is 1.86 bits per heavy atom. The van der Waals surface area contributed by atoms with Crippen molar-refractivity contribution in [2.24, 2.45) is 0 Å². The van der Waals surface area contributed by atoms with Gasteiger partial charge < -0.3 is 5.11 Å². The van der Waals surface area contributed by atoms with Gasteiger partial charge in [0.05, 0.1) is 16.3 Å². The van der Waals surface area contributed by atoms with E-state index in [0.717, 1.165) is 0 Å². The first-order chi connectivity index (χ1) is 9.81. The van der Waals surface area contributed by atoms with E-state index in [1.54, 1.807) is 18.2 Å². The van der Waals surface area contributed by atoms with Gasteiger partial charge >= 0.3 is 5.97 Å². The van der Waals surface area contributed by atoms with E-state index in [-0.39, 0.29) is 21.2 Å². The van der Waals surface area contributed by atoms with Crippen LogP contribution in [0.1, 0.15) is 10.4 Å². The van der Waals surface area contributed by atoms with Gasteiger partial charge in [-0.05, 0) is 46.3 Å². The van der Waals surface area contributed by atoms with Gasteiger partial charge in [-0.25, -0.2) is 13.2 Å². The first-order valence-electron chi connectivity index (χ1n) is 5.61. The summed E-state index contributed by atoms with van der Waals surface area (Å²) in [6.07, 6.45) is 0. The van der Waals surface area contributed by atoms with Crippen molar-refractivity contribution in [3.05, 3.63) is 57.5 Å². The van der Waals surface area contributed by atoms with E-state index in [0.29, 0.717) is 4.47 Å². The number of nitrogens with one attached hydrogen (secondary N) is 1. The summed E-state index contributed by atoms with van der Waals surface area (Å²) >= 11 is 8.97. The fraction of sp³-hybridized carbons (Fsp3) is 0. The van der Waals surface area contributed by atoms with E-state index in [2.05, 4.69) is 20.7 Å². The maximum atomic E-state index is 12.3. The summed E-state index contributed by atoms with van der Waals surface area (Å²) in [5.41, 5.74) is 0.0845. The molecule has 0 bridgehead atoms.